The summed E-state index contributed by atoms with van der Waals surface area (Å²) in [5, 5.41) is 3.40. The lowest BCUT2D eigenvalue weighted by Crippen LogP contribution is -2.48. The van der Waals surface area contributed by atoms with Gasteiger partial charge in [-0.05, 0) is 23.8 Å². The van der Waals surface area contributed by atoms with E-state index >= 15 is 0 Å². The summed E-state index contributed by atoms with van der Waals surface area (Å²) in [5.74, 6) is 1.19. The molecule has 5 heteroatoms. The summed E-state index contributed by atoms with van der Waals surface area (Å²) in [6, 6.07) is 8.88. The van der Waals surface area contributed by atoms with Crippen LogP contribution in [0, 0.1) is 0 Å². The second-order valence-corrected chi connectivity index (χ2v) is 6.13. The Hall–Kier alpha value is -0.710. The summed E-state index contributed by atoms with van der Waals surface area (Å²) in [6.07, 6.45) is 3.75. The fourth-order valence-electron chi connectivity index (χ4n) is 2.61. The van der Waals surface area contributed by atoms with Crippen LogP contribution < -0.4 is 5.32 Å². The van der Waals surface area contributed by atoms with Gasteiger partial charge in [-0.25, -0.2) is 0 Å². The van der Waals surface area contributed by atoms with Crippen molar-refractivity contribution in [2.75, 3.05) is 31.6 Å². The number of nitrogens with zero attached hydrogens (tertiary/aromatic N) is 1. The van der Waals surface area contributed by atoms with Crippen molar-refractivity contribution in [3.05, 3.63) is 35.4 Å². The zero-order chi connectivity index (χ0) is 14.4. The summed E-state index contributed by atoms with van der Waals surface area (Å²) in [7, 11) is 0. The molecular weight excluding hydrogens is 304 g/mol. The molecule has 0 spiro atoms. The minimum Gasteiger partial charge on any atom is -0.333 e. The molecule has 0 bridgehead atoms. The Morgan fingerprint density at radius 1 is 1.38 bits per heavy atom. The van der Waals surface area contributed by atoms with Crippen LogP contribution >= 0.6 is 24.2 Å². The third kappa shape index (κ3) is 4.90. The van der Waals surface area contributed by atoms with Gasteiger partial charge in [-0.2, -0.15) is 11.8 Å². The molecule has 118 valence electrons. The number of benzene rings is 1. The summed E-state index contributed by atoms with van der Waals surface area (Å²) in [5.41, 5.74) is 2.59. The van der Waals surface area contributed by atoms with E-state index in [0.29, 0.717) is 6.42 Å². The molecule has 2 rings (SSSR count). The standard InChI is InChI=1S/C16H24N2OS.ClH/c1-3-13-4-6-14(7-5-13)15-12-17-9-10-18(15)16(19)8-11-20-2;/h4-7,15,17H,3,8-12H2,1-2H3;1H. The number of hydrogen-bond donors (Lipinski definition) is 1. The van der Waals surface area contributed by atoms with Gasteiger partial charge in [0, 0.05) is 31.8 Å². The number of piperazine rings is 1. The first kappa shape index (κ1) is 18.3. The summed E-state index contributed by atoms with van der Waals surface area (Å²) in [6.45, 7) is 4.73. The number of nitrogens with one attached hydrogen (secondary N) is 1. The van der Waals surface area contributed by atoms with Gasteiger partial charge in [0.2, 0.25) is 5.91 Å². The minimum atomic E-state index is 0. The molecule has 1 aromatic rings. The number of aryl methyl sites for hydroxylation is 1. The van der Waals surface area contributed by atoms with Crippen molar-refractivity contribution in [3.8, 4) is 0 Å². The van der Waals surface area contributed by atoms with Gasteiger partial charge in [-0.3, -0.25) is 4.79 Å². The van der Waals surface area contributed by atoms with Crippen molar-refractivity contribution in [1.29, 1.82) is 0 Å². The molecule has 1 aliphatic heterocycles. The van der Waals surface area contributed by atoms with Gasteiger partial charge in [0.05, 0.1) is 6.04 Å². The molecule has 0 aliphatic carbocycles. The first-order chi connectivity index (χ1) is 9.76. The number of halogens is 1. The number of carbonyl (C=O) groups is 1. The van der Waals surface area contributed by atoms with Crippen LogP contribution in [0.4, 0.5) is 0 Å². The lowest BCUT2D eigenvalue weighted by Gasteiger charge is -2.36. The van der Waals surface area contributed by atoms with Crippen LogP contribution in [0.3, 0.4) is 0 Å². The van der Waals surface area contributed by atoms with E-state index in [-0.39, 0.29) is 24.4 Å². The molecule has 1 saturated heterocycles. The number of rotatable bonds is 5. The van der Waals surface area contributed by atoms with E-state index in [9.17, 15) is 4.79 Å². The minimum absolute atomic E-state index is 0. The molecule has 0 aromatic heterocycles. The normalized spacial score (nSPS) is 18.2. The first-order valence-corrected chi connectivity index (χ1v) is 8.73. The molecule has 1 atom stereocenters. The van der Waals surface area contributed by atoms with Gasteiger partial charge in [0.15, 0.2) is 0 Å². The molecule has 1 aliphatic rings. The van der Waals surface area contributed by atoms with Gasteiger partial charge in [0.25, 0.3) is 0 Å². The topological polar surface area (TPSA) is 32.3 Å². The van der Waals surface area contributed by atoms with Crippen molar-refractivity contribution in [3.63, 3.8) is 0 Å². The van der Waals surface area contributed by atoms with Gasteiger partial charge >= 0.3 is 0 Å². The maximum Gasteiger partial charge on any atom is 0.224 e. The third-order valence-corrected chi connectivity index (χ3v) is 4.47. The van der Waals surface area contributed by atoms with E-state index < -0.39 is 0 Å². The van der Waals surface area contributed by atoms with Gasteiger partial charge < -0.3 is 10.2 Å². The second-order valence-electron chi connectivity index (χ2n) is 5.14. The van der Waals surface area contributed by atoms with Crippen molar-refractivity contribution >= 4 is 30.1 Å². The predicted octanol–water partition coefficient (Wildman–Crippen LogP) is 2.90. The summed E-state index contributed by atoms with van der Waals surface area (Å²) < 4.78 is 0. The molecule has 1 unspecified atom stereocenters. The van der Waals surface area contributed by atoms with Crippen molar-refractivity contribution in [2.24, 2.45) is 0 Å². The molecule has 1 N–H and O–H groups in total. The molecule has 1 heterocycles. The zero-order valence-corrected chi connectivity index (χ0v) is 14.4. The largest absolute Gasteiger partial charge is 0.333 e. The third-order valence-electron chi connectivity index (χ3n) is 3.86. The molecule has 1 amide bonds. The summed E-state index contributed by atoms with van der Waals surface area (Å²) in [4.78, 5) is 14.4. The van der Waals surface area contributed by atoms with Crippen LogP contribution in [0.2, 0.25) is 0 Å². The van der Waals surface area contributed by atoms with Crippen LogP contribution in [0.5, 0.6) is 0 Å². The van der Waals surface area contributed by atoms with Gasteiger partial charge in [0.1, 0.15) is 0 Å². The molecular formula is C16H25ClN2OS. The van der Waals surface area contributed by atoms with Crippen LogP contribution in [-0.2, 0) is 11.2 Å². The highest BCUT2D eigenvalue weighted by molar-refractivity contribution is 7.98. The maximum atomic E-state index is 12.3. The van der Waals surface area contributed by atoms with Crippen LogP contribution in [0.15, 0.2) is 24.3 Å². The van der Waals surface area contributed by atoms with Crippen molar-refractivity contribution < 1.29 is 4.79 Å². The fraction of sp³-hybridized carbons (Fsp3) is 0.562. The van der Waals surface area contributed by atoms with E-state index in [1.807, 2.05) is 11.2 Å². The lowest BCUT2D eigenvalue weighted by atomic mass is 10.0. The monoisotopic (exact) mass is 328 g/mol. The number of amides is 1. The molecule has 3 nitrogen and oxygen atoms in total. The lowest BCUT2D eigenvalue weighted by molar-refractivity contribution is -0.134. The molecule has 0 radical (unpaired) electrons. The van der Waals surface area contributed by atoms with Crippen molar-refractivity contribution in [2.45, 2.75) is 25.8 Å². The Morgan fingerprint density at radius 2 is 2.10 bits per heavy atom. The van der Waals surface area contributed by atoms with E-state index in [1.165, 1.54) is 11.1 Å². The second kappa shape index (κ2) is 9.34. The molecule has 0 saturated carbocycles. The van der Waals surface area contributed by atoms with E-state index in [4.69, 9.17) is 0 Å². The average Bonchev–Trinajstić information content (AvgIpc) is 2.52. The molecule has 1 aromatic carbocycles. The molecule has 1 fully saturated rings. The predicted molar refractivity (Wildman–Crippen MR) is 93.4 cm³/mol. The van der Waals surface area contributed by atoms with Crippen LogP contribution in [0.25, 0.3) is 0 Å². The first-order valence-electron chi connectivity index (χ1n) is 7.34. The van der Waals surface area contributed by atoms with Crippen LogP contribution in [-0.4, -0.2) is 42.4 Å². The fourth-order valence-corrected chi connectivity index (χ4v) is 2.99. The Balaban J connectivity index is 0.00000220. The van der Waals surface area contributed by atoms with E-state index in [0.717, 1.165) is 31.8 Å². The maximum absolute atomic E-state index is 12.3. The van der Waals surface area contributed by atoms with Crippen LogP contribution in [0.1, 0.15) is 30.5 Å². The quantitative estimate of drug-likeness (QED) is 0.902. The van der Waals surface area contributed by atoms with Gasteiger partial charge in [-0.1, -0.05) is 31.2 Å². The highest BCUT2D eigenvalue weighted by atomic mass is 35.5. The van der Waals surface area contributed by atoms with E-state index in [2.05, 4.69) is 36.5 Å². The Bertz CT molecular complexity index is 438. The number of thioether (sulfide) groups is 1. The number of carbonyl (C=O) groups excluding carboxylic acids is 1. The van der Waals surface area contributed by atoms with E-state index in [1.54, 1.807) is 11.8 Å². The Labute approximate surface area is 138 Å². The smallest absolute Gasteiger partial charge is 0.224 e. The highest BCUT2D eigenvalue weighted by Crippen LogP contribution is 2.23. The Morgan fingerprint density at radius 3 is 2.71 bits per heavy atom. The van der Waals surface area contributed by atoms with Crippen molar-refractivity contribution in [1.82, 2.24) is 10.2 Å². The van der Waals surface area contributed by atoms with Gasteiger partial charge in [-0.15, -0.1) is 12.4 Å². The SMILES string of the molecule is CCc1ccc(C2CNCCN2C(=O)CCSC)cc1.Cl. The zero-order valence-electron chi connectivity index (χ0n) is 12.8. The summed E-state index contributed by atoms with van der Waals surface area (Å²) >= 11 is 1.73. The molecule has 21 heavy (non-hydrogen) atoms. The number of hydrogen-bond acceptors (Lipinski definition) is 3. The highest BCUT2D eigenvalue weighted by Gasteiger charge is 2.27. The Kier molecular flexibility index (Phi) is 8.15. The average molecular weight is 329 g/mol.